The van der Waals surface area contributed by atoms with Gasteiger partial charge >= 0.3 is 0 Å². The van der Waals surface area contributed by atoms with Crippen LogP contribution >= 0.6 is 0 Å². The lowest BCUT2D eigenvalue weighted by molar-refractivity contribution is -0.379. The van der Waals surface area contributed by atoms with E-state index in [1.54, 1.807) is 6.08 Å². The zero-order chi connectivity index (χ0) is 73.9. The summed E-state index contributed by atoms with van der Waals surface area (Å²) in [7, 11) is 0. The van der Waals surface area contributed by atoms with Crippen molar-refractivity contribution in [3.05, 3.63) is 97.2 Å². The van der Waals surface area contributed by atoms with Crippen molar-refractivity contribution < 1.29 is 89.4 Å². The molecule has 3 aliphatic rings. The lowest BCUT2D eigenvalue weighted by Gasteiger charge is -2.48. The van der Waals surface area contributed by atoms with Crippen molar-refractivity contribution in [2.45, 2.75) is 394 Å². The van der Waals surface area contributed by atoms with Crippen LogP contribution in [0.3, 0.4) is 0 Å². The molecule has 12 N–H and O–H groups in total. The third kappa shape index (κ3) is 42.3. The van der Waals surface area contributed by atoms with Crippen molar-refractivity contribution in [3.63, 3.8) is 0 Å². The van der Waals surface area contributed by atoms with Crippen molar-refractivity contribution in [3.8, 4) is 0 Å². The fraction of sp³-hybridized carbons (Fsp3) is 0.795. The van der Waals surface area contributed by atoms with Gasteiger partial charge < -0.3 is 89.9 Å². The summed E-state index contributed by atoms with van der Waals surface area (Å²) in [6.07, 6.45) is 58.3. The van der Waals surface area contributed by atoms with E-state index in [-0.39, 0.29) is 18.9 Å². The van der Waals surface area contributed by atoms with Gasteiger partial charge in [0.25, 0.3) is 0 Å². The number of rotatable bonds is 63. The van der Waals surface area contributed by atoms with E-state index in [1.807, 2.05) is 6.08 Å². The first-order chi connectivity index (χ1) is 49.8. The van der Waals surface area contributed by atoms with Crippen LogP contribution in [0.25, 0.3) is 0 Å². The highest BCUT2D eigenvalue weighted by atomic mass is 16.8. The van der Waals surface area contributed by atoms with Gasteiger partial charge in [-0.05, 0) is 83.5 Å². The Bertz CT molecular complexity index is 2220. The fourth-order valence-corrected chi connectivity index (χ4v) is 13.2. The smallest absolute Gasteiger partial charge is 0.220 e. The van der Waals surface area contributed by atoms with Crippen molar-refractivity contribution >= 4 is 5.91 Å². The topological polar surface area (TPSA) is 307 Å². The lowest BCUT2D eigenvalue weighted by Crippen LogP contribution is -2.66. The Morgan fingerprint density at radius 3 is 1.10 bits per heavy atom. The van der Waals surface area contributed by atoms with Crippen molar-refractivity contribution in [1.29, 1.82) is 0 Å². The van der Waals surface area contributed by atoms with Crippen LogP contribution in [0, 0.1) is 0 Å². The van der Waals surface area contributed by atoms with E-state index >= 15 is 0 Å². The summed E-state index contributed by atoms with van der Waals surface area (Å²) in [5, 5.41) is 121. The van der Waals surface area contributed by atoms with E-state index in [1.165, 1.54) is 180 Å². The first kappa shape index (κ1) is 92.9. The molecule has 0 aromatic carbocycles. The molecule has 17 unspecified atom stereocenters. The Labute approximate surface area is 615 Å². The summed E-state index contributed by atoms with van der Waals surface area (Å²) in [5.41, 5.74) is 0. The standard InChI is InChI=1S/C83H145NO18/c1-3-5-7-9-11-13-15-17-19-21-23-25-26-27-28-29-30-31-32-33-34-35-36-37-38-39-40-41-43-45-47-49-51-53-55-57-59-61-71(89)84-66(67(88)60-58-56-54-52-50-48-46-44-42-24-22-20-18-16-14-12-10-8-6-4-2)65-97-81-77(95)74(92)79(69(63-86)99-81)102-83-78(96)75(93)80(70(64-87)100-83)101-82-76(94)73(91)72(90)68(62-85)98-82/h5,7,11,13,17,19,23,25,27-28,30-31,50,52,58,60,66-70,72-83,85-88,90-96H,3-4,6,8-10,12,14-16,18,20-22,24,26,29,32-49,51,53-57,59,61-65H2,1-2H3,(H,84,89)/b7-5-,13-11-,19-17-,25-23-,28-27-,31-30-,52-50+,60-58+. The molecule has 0 aromatic heterocycles. The number of hydrogen-bond donors (Lipinski definition) is 12. The molecule has 17 atom stereocenters. The van der Waals surface area contributed by atoms with Crippen LogP contribution < -0.4 is 5.32 Å². The largest absolute Gasteiger partial charge is 0.394 e. The van der Waals surface area contributed by atoms with Crippen LogP contribution in [0.15, 0.2) is 97.2 Å². The van der Waals surface area contributed by atoms with E-state index in [0.29, 0.717) is 12.8 Å². The maximum atomic E-state index is 13.5. The summed E-state index contributed by atoms with van der Waals surface area (Å²) in [6, 6.07) is -0.995. The van der Waals surface area contributed by atoms with Crippen molar-refractivity contribution in [1.82, 2.24) is 5.32 Å². The highest BCUT2D eigenvalue weighted by molar-refractivity contribution is 5.76. The summed E-state index contributed by atoms with van der Waals surface area (Å²) in [5.74, 6) is -0.284. The zero-order valence-electron chi connectivity index (χ0n) is 63.1. The van der Waals surface area contributed by atoms with Crippen LogP contribution in [0.1, 0.15) is 290 Å². The first-order valence-corrected chi connectivity index (χ1v) is 40.5. The molecule has 1 amide bonds. The van der Waals surface area contributed by atoms with Crippen molar-refractivity contribution in [2.75, 3.05) is 26.4 Å². The second-order valence-corrected chi connectivity index (χ2v) is 28.5. The van der Waals surface area contributed by atoms with Crippen LogP contribution in [-0.4, -0.2) is 193 Å². The van der Waals surface area contributed by atoms with Gasteiger partial charge in [-0.1, -0.05) is 297 Å². The molecule has 0 bridgehead atoms. The molecule has 0 spiro atoms. The third-order valence-electron chi connectivity index (χ3n) is 19.6. The average molecular weight is 1450 g/mol. The van der Waals surface area contributed by atoms with Gasteiger partial charge in [-0.25, -0.2) is 0 Å². The Kier molecular flexibility index (Phi) is 57.1. The van der Waals surface area contributed by atoms with E-state index < -0.39 is 124 Å². The quantitative estimate of drug-likeness (QED) is 0.0199. The number of allylic oxidation sites excluding steroid dienone is 15. The number of aliphatic hydroxyl groups excluding tert-OH is 11. The van der Waals surface area contributed by atoms with Gasteiger partial charge in [0.1, 0.15) is 73.2 Å². The predicted octanol–water partition coefficient (Wildman–Crippen LogP) is 13.6. The molecular formula is C83H145NO18. The number of unbranched alkanes of at least 4 members (excludes halogenated alkanes) is 33. The number of nitrogens with one attached hydrogen (secondary N) is 1. The lowest BCUT2D eigenvalue weighted by atomic mass is 9.96. The molecule has 3 saturated heterocycles. The molecule has 3 rings (SSSR count). The number of aliphatic hydroxyl groups is 11. The highest BCUT2D eigenvalue weighted by Crippen LogP contribution is 2.33. The van der Waals surface area contributed by atoms with Crippen LogP contribution in [0.4, 0.5) is 0 Å². The van der Waals surface area contributed by atoms with Gasteiger partial charge in [0.15, 0.2) is 18.9 Å². The number of amides is 1. The van der Waals surface area contributed by atoms with Crippen LogP contribution in [0.5, 0.6) is 0 Å². The molecule has 0 radical (unpaired) electrons. The van der Waals surface area contributed by atoms with Gasteiger partial charge in [0, 0.05) is 6.42 Å². The Morgan fingerprint density at radius 1 is 0.363 bits per heavy atom. The second-order valence-electron chi connectivity index (χ2n) is 28.5. The minimum atomic E-state index is -1.98. The Hall–Kier alpha value is -3.29. The normalized spacial score (nSPS) is 26.7. The molecule has 3 fully saturated rings. The third-order valence-corrected chi connectivity index (χ3v) is 19.6. The molecule has 19 nitrogen and oxygen atoms in total. The maximum absolute atomic E-state index is 13.5. The molecule has 0 aliphatic carbocycles. The van der Waals surface area contributed by atoms with Gasteiger partial charge in [-0.15, -0.1) is 0 Å². The number of carbonyl (C=O) groups excluding carboxylic acids is 1. The fourth-order valence-electron chi connectivity index (χ4n) is 13.2. The molecule has 590 valence electrons. The van der Waals surface area contributed by atoms with Gasteiger partial charge in [0.2, 0.25) is 5.91 Å². The summed E-state index contributed by atoms with van der Waals surface area (Å²) >= 11 is 0. The zero-order valence-corrected chi connectivity index (χ0v) is 63.1. The minimum absolute atomic E-state index is 0.233. The van der Waals surface area contributed by atoms with Crippen LogP contribution in [-0.2, 0) is 33.2 Å². The SMILES string of the molecule is CC/C=C\C/C=C\C/C=C\C/C=C\C/C=C\C/C=C\CCCCCCCCCCCCCCCCCCCCC(=O)NC(COC1OC(CO)C(OC2OC(CO)C(OC3OC(CO)C(O)C(O)C3O)C(O)C2O)C(O)C1O)C(O)/C=C/CC/C=C/CCCCCCCCCCCCCCCC. The summed E-state index contributed by atoms with van der Waals surface area (Å²) in [4.78, 5) is 13.5. The van der Waals surface area contributed by atoms with E-state index in [0.717, 1.165) is 77.0 Å². The average Bonchev–Trinajstić information content (AvgIpc) is 0.778. The van der Waals surface area contributed by atoms with E-state index in [9.17, 15) is 61.0 Å². The van der Waals surface area contributed by atoms with Crippen LogP contribution in [0.2, 0.25) is 0 Å². The predicted molar refractivity (Wildman–Crippen MR) is 406 cm³/mol. The Balaban J connectivity index is 1.34. The van der Waals surface area contributed by atoms with Gasteiger partial charge in [-0.3, -0.25) is 4.79 Å². The van der Waals surface area contributed by atoms with Crippen molar-refractivity contribution in [2.24, 2.45) is 0 Å². The van der Waals surface area contributed by atoms with E-state index in [2.05, 4.69) is 104 Å². The summed E-state index contributed by atoms with van der Waals surface area (Å²) < 4.78 is 34.4. The second kappa shape index (κ2) is 62.7. The molecule has 0 aromatic rings. The number of hydrogen-bond acceptors (Lipinski definition) is 18. The summed E-state index contributed by atoms with van der Waals surface area (Å²) in [6.45, 7) is 1.62. The molecule has 0 saturated carbocycles. The van der Waals surface area contributed by atoms with Gasteiger partial charge in [0.05, 0.1) is 38.6 Å². The van der Waals surface area contributed by atoms with E-state index in [4.69, 9.17) is 28.4 Å². The minimum Gasteiger partial charge on any atom is -0.394 e. The highest BCUT2D eigenvalue weighted by Gasteiger charge is 2.54. The monoisotopic (exact) mass is 1440 g/mol. The molecule has 19 heteroatoms. The maximum Gasteiger partial charge on any atom is 0.220 e. The Morgan fingerprint density at radius 2 is 0.686 bits per heavy atom. The molecule has 102 heavy (non-hydrogen) atoms. The number of carbonyl (C=O) groups is 1. The number of ether oxygens (including phenoxy) is 6. The molecular weight excluding hydrogens is 1300 g/mol. The van der Waals surface area contributed by atoms with Gasteiger partial charge in [-0.2, -0.15) is 0 Å². The molecule has 3 heterocycles. The molecule has 3 aliphatic heterocycles. The first-order valence-electron chi connectivity index (χ1n) is 40.5.